The van der Waals surface area contributed by atoms with Gasteiger partial charge in [0.2, 0.25) is 11.8 Å². The number of hydrogen-bond acceptors (Lipinski definition) is 12. The summed E-state index contributed by atoms with van der Waals surface area (Å²) in [5, 5.41) is 31.0. The highest BCUT2D eigenvalue weighted by Gasteiger charge is 2.16. The zero-order valence-corrected chi connectivity index (χ0v) is 17.6. The Morgan fingerprint density at radius 2 is 1.60 bits per heavy atom. The summed E-state index contributed by atoms with van der Waals surface area (Å²) in [5.74, 6) is 0.0227. The third-order valence-corrected chi connectivity index (χ3v) is 4.67. The molecule has 0 spiro atoms. The van der Waals surface area contributed by atoms with Gasteiger partial charge in [0.25, 0.3) is 0 Å². The van der Waals surface area contributed by atoms with Gasteiger partial charge in [0.05, 0.1) is 11.5 Å². The average Bonchev–Trinajstić information content (AvgIpc) is 3.40. The quantitative estimate of drug-likeness (QED) is 0.1000. The summed E-state index contributed by atoms with van der Waals surface area (Å²) in [7, 11) is 0. The number of nitrogens with two attached hydrogens (primary N) is 1. The van der Waals surface area contributed by atoms with Gasteiger partial charge in [0.15, 0.2) is 21.6 Å². The molecule has 0 radical (unpaired) electrons. The predicted molar refractivity (Wildman–Crippen MR) is 106 cm³/mol. The van der Waals surface area contributed by atoms with E-state index < -0.39 is 0 Å². The standard InChI is InChI=1S/C7H11N5O3S.C7H8N4O2S/c1-2-9-4(13)3-16-7-5(6(8)10-14)11-15-12-7;1-3-9-5(12)4-14-7-6(8-2)10-13-11-7/h14H,2-3H2,1H3,(H2,8,10)(H,9,13);3-4H2,1H3,(H,9,12). The minimum absolute atomic E-state index is 0.0966. The lowest BCUT2D eigenvalue weighted by molar-refractivity contribution is -0.119. The van der Waals surface area contributed by atoms with E-state index in [0.29, 0.717) is 23.1 Å². The molecule has 14 nitrogen and oxygen atoms in total. The Morgan fingerprint density at radius 1 is 1.07 bits per heavy atom. The molecular formula is C14H19N9O5S2. The maximum atomic E-state index is 11.2. The van der Waals surface area contributed by atoms with Crippen molar-refractivity contribution < 1.29 is 24.1 Å². The van der Waals surface area contributed by atoms with Crippen LogP contribution in [-0.4, -0.2) is 68.1 Å². The van der Waals surface area contributed by atoms with Gasteiger partial charge in [-0.2, -0.15) is 4.63 Å². The topological polar surface area (TPSA) is 199 Å². The number of thioether (sulfide) groups is 2. The van der Waals surface area contributed by atoms with E-state index >= 15 is 0 Å². The van der Waals surface area contributed by atoms with Crippen molar-refractivity contribution in [1.29, 1.82) is 0 Å². The zero-order valence-electron chi connectivity index (χ0n) is 16.0. The summed E-state index contributed by atoms with van der Waals surface area (Å²) in [4.78, 5) is 25.3. The van der Waals surface area contributed by atoms with Crippen LogP contribution in [0.25, 0.3) is 4.85 Å². The molecule has 2 rings (SSSR count). The largest absolute Gasteiger partial charge is 0.409 e. The second kappa shape index (κ2) is 13.8. The molecule has 16 heteroatoms. The highest BCUT2D eigenvalue weighted by atomic mass is 32.2. The highest BCUT2D eigenvalue weighted by molar-refractivity contribution is 8.00. The van der Waals surface area contributed by atoms with Crippen molar-refractivity contribution in [1.82, 2.24) is 31.3 Å². The number of aromatic nitrogens is 4. The Balaban J connectivity index is 0.000000303. The number of rotatable bonds is 9. The number of amides is 2. The van der Waals surface area contributed by atoms with Crippen LogP contribution in [0.1, 0.15) is 19.5 Å². The van der Waals surface area contributed by atoms with Gasteiger partial charge < -0.3 is 26.4 Å². The number of nitrogens with one attached hydrogen (secondary N) is 2. The molecule has 0 aliphatic heterocycles. The van der Waals surface area contributed by atoms with E-state index in [9.17, 15) is 9.59 Å². The first-order valence-electron chi connectivity index (χ1n) is 8.26. The van der Waals surface area contributed by atoms with E-state index in [0.717, 1.165) is 23.5 Å². The zero-order chi connectivity index (χ0) is 22.4. The molecule has 0 aromatic carbocycles. The second-order valence-corrected chi connectivity index (χ2v) is 6.82. The normalized spacial score (nSPS) is 10.5. The van der Waals surface area contributed by atoms with E-state index in [1.165, 1.54) is 0 Å². The average molecular weight is 457 g/mol. The summed E-state index contributed by atoms with van der Waals surface area (Å²) in [6.45, 7) is 11.5. The first-order chi connectivity index (χ1) is 14.5. The SMILES string of the molecule is CCNC(=O)CSc1nonc1/C(N)=N/O.[C-]#[N+]c1nonc1SCC(=O)NCC. The van der Waals surface area contributed by atoms with Crippen molar-refractivity contribution in [2.75, 3.05) is 24.6 Å². The number of oxime groups is 1. The van der Waals surface area contributed by atoms with Crippen molar-refractivity contribution in [3.05, 3.63) is 17.1 Å². The molecule has 5 N–H and O–H groups in total. The Labute approximate surface area is 179 Å². The molecular weight excluding hydrogens is 438 g/mol. The maximum absolute atomic E-state index is 11.2. The second-order valence-electron chi connectivity index (χ2n) is 4.89. The molecule has 2 aromatic heterocycles. The predicted octanol–water partition coefficient (Wildman–Crippen LogP) is 0.241. The van der Waals surface area contributed by atoms with E-state index in [4.69, 9.17) is 17.5 Å². The molecule has 30 heavy (non-hydrogen) atoms. The van der Waals surface area contributed by atoms with Crippen molar-refractivity contribution in [3.8, 4) is 0 Å². The van der Waals surface area contributed by atoms with Crippen LogP contribution in [0.4, 0.5) is 5.82 Å². The first-order valence-corrected chi connectivity index (χ1v) is 10.2. The summed E-state index contributed by atoms with van der Waals surface area (Å²) in [6, 6.07) is 0. The van der Waals surface area contributed by atoms with E-state index in [1.54, 1.807) is 0 Å². The molecule has 0 fully saturated rings. The Morgan fingerprint density at radius 3 is 2.13 bits per heavy atom. The van der Waals surface area contributed by atoms with Gasteiger partial charge in [-0.25, -0.2) is 4.63 Å². The molecule has 0 saturated heterocycles. The fraction of sp³-hybridized carbons (Fsp3) is 0.429. The number of carbonyl (C=O) groups is 2. The van der Waals surface area contributed by atoms with Crippen LogP contribution in [0, 0.1) is 6.57 Å². The molecule has 0 atom stereocenters. The van der Waals surface area contributed by atoms with Crippen LogP contribution in [-0.2, 0) is 9.59 Å². The summed E-state index contributed by atoms with van der Waals surface area (Å²) < 4.78 is 8.80. The van der Waals surface area contributed by atoms with Gasteiger partial charge in [-0.1, -0.05) is 23.5 Å². The monoisotopic (exact) mass is 457 g/mol. The van der Waals surface area contributed by atoms with Crippen LogP contribution in [0.2, 0.25) is 0 Å². The van der Waals surface area contributed by atoms with Crippen molar-refractivity contribution in [2.24, 2.45) is 10.9 Å². The molecule has 0 bridgehead atoms. The van der Waals surface area contributed by atoms with Gasteiger partial charge in [-0.15, -0.1) is 11.8 Å². The molecule has 0 saturated carbocycles. The van der Waals surface area contributed by atoms with Crippen molar-refractivity contribution in [3.63, 3.8) is 0 Å². The molecule has 0 aliphatic rings. The van der Waals surface area contributed by atoms with Gasteiger partial charge >= 0.3 is 5.82 Å². The minimum Gasteiger partial charge on any atom is -0.409 e. The van der Waals surface area contributed by atoms with E-state index in [1.807, 2.05) is 13.8 Å². The van der Waals surface area contributed by atoms with Crippen LogP contribution in [0.5, 0.6) is 0 Å². The van der Waals surface area contributed by atoms with Crippen LogP contribution in [0.15, 0.2) is 24.5 Å². The third-order valence-electron chi connectivity index (χ3n) is 2.78. The lowest BCUT2D eigenvalue weighted by Crippen LogP contribution is -2.24. The summed E-state index contributed by atoms with van der Waals surface area (Å²) >= 11 is 2.23. The molecule has 0 unspecified atom stereocenters. The Hall–Kier alpha value is -3.32. The van der Waals surface area contributed by atoms with Gasteiger partial charge in [-0.05, 0) is 29.3 Å². The third kappa shape index (κ3) is 8.36. The molecule has 0 aliphatic carbocycles. The Bertz CT molecular complexity index is 892. The number of amidine groups is 1. The maximum Gasteiger partial charge on any atom is 0.353 e. The smallest absolute Gasteiger partial charge is 0.353 e. The van der Waals surface area contributed by atoms with Gasteiger partial charge in [0, 0.05) is 13.1 Å². The molecule has 162 valence electrons. The summed E-state index contributed by atoms with van der Waals surface area (Å²) in [5.41, 5.74) is 5.45. The number of carbonyl (C=O) groups excluding carboxylic acids is 2. The van der Waals surface area contributed by atoms with Crippen LogP contribution < -0.4 is 16.4 Å². The van der Waals surface area contributed by atoms with Crippen molar-refractivity contribution >= 4 is 47.0 Å². The number of nitrogens with zero attached hydrogens (tertiary/aromatic N) is 6. The minimum atomic E-state index is -0.209. The molecule has 2 heterocycles. The lowest BCUT2D eigenvalue weighted by Gasteiger charge is -1.99. The van der Waals surface area contributed by atoms with Crippen molar-refractivity contribution in [2.45, 2.75) is 23.9 Å². The summed E-state index contributed by atoms with van der Waals surface area (Å²) in [6.07, 6.45) is 0. The first kappa shape index (κ1) is 24.7. The van der Waals surface area contributed by atoms with Gasteiger partial charge in [-0.3, -0.25) is 9.59 Å². The van der Waals surface area contributed by atoms with Crippen LogP contribution in [0.3, 0.4) is 0 Å². The molecule has 2 amide bonds. The number of hydrogen-bond donors (Lipinski definition) is 4. The highest BCUT2D eigenvalue weighted by Crippen LogP contribution is 2.24. The van der Waals surface area contributed by atoms with Gasteiger partial charge in [0.1, 0.15) is 5.16 Å². The van der Waals surface area contributed by atoms with E-state index in [2.05, 4.69) is 50.5 Å². The van der Waals surface area contributed by atoms with E-state index in [-0.39, 0.29) is 40.7 Å². The molecule has 2 aromatic rings. The Kier molecular flexibility index (Phi) is 11.4. The fourth-order valence-electron chi connectivity index (χ4n) is 1.58. The lowest BCUT2D eigenvalue weighted by atomic mass is 10.4. The fourth-order valence-corrected chi connectivity index (χ4v) is 2.98. The van der Waals surface area contributed by atoms with Crippen LogP contribution >= 0.6 is 23.5 Å².